The summed E-state index contributed by atoms with van der Waals surface area (Å²) in [7, 11) is 0. The Labute approximate surface area is 187 Å². The maximum atomic E-state index is 13.2. The number of amides is 1. The Morgan fingerprint density at radius 1 is 1.16 bits per heavy atom. The number of rotatable bonds is 7. The normalized spacial score (nSPS) is 14.7. The van der Waals surface area contributed by atoms with Crippen LogP contribution in [0.25, 0.3) is 0 Å². The Balaban J connectivity index is 1.33. The summed E-state index contributed by atoms with van der Waals surface area (Å²) in [6, 6.07) is 13.9. The van der Waals surface area contributed by atoms with Gasteiger partial charge in [-0.2, -0.15) is 0 Å². The molecule has 0 radical (unpaired) electrons. The first kappa shape index (κ1) is 21.6. The molecule has 1 aliphatic heterocycles. The number of likely N-dealkylation sites (tertiary alicyclic amines) is 1. The summed E-state index contributed by atoms with van der Waals surface area (Å²) in [5.74, 6) is 1.52. The SMILES string of the molecule is Cc1noc(C)c1CSc1ncccc1C(=O)N1CCC(OCc2ccccc2)CC1. The molecule has 2 aromatic heterocycles. The van der Waals surface area contributed by atoms with Crippen LogP contribution in [0.5, 0.6) is 0 Å². The van der Waals surface area contributed by atoms with Crippen LogP contribution in [0.3, 0.4) is 0 Å². The number of aromatic nitrogens is 2. The summed E-state index contributed by atoms with van der Waals surface area (Å²) in [4.78, 5) is 19.6. The molecule has 0 atom stereocenters. The molecule has 1 aliphatic rings. The van der Waals surface area contributed by atoms with Gasteiger partial charge in [0.25, 0.3) is 5.91 Å². The van der Waals surface area contributed by atoms with Crippen LogP contribution < -0.4 is 0 Å². The van der Waals surface area contributed by atoms with E-state index in [2.05, 4.69) is 22.3 Å². The van der Waals surface area contributed by atoms with E-state index < -0.39 is 0 Å². The third-order valence-corrected chi connectivity index (χ3v) is 6.63. The van der Waals surface area contributed by atoms with E-state index in [9.17, 15) is 4.79 Å². The van der Waals surface area contributed by atoms with Crippen molar-refractivity contribution in [2.75, 3.05) is 13.1 Å². The summed E-state index contributed by atoms with van der Waals surface area (Å²) in [5.41, 5.74) is 3.77. The molecule has 3 aromatic rings. The zero-order chi connectivity index (χ0) is 21.6. The van der Waals surface area contributed by atoms with Gasteiger partial charge in [-0.15, -0.1) is 11.8 Å². The van der Waals surface area contributed by atoms with E-state index in [1.807, 2.05) is 49.1 Å². The number of aryl methyl sites for hydroxylation is 2. The van der Waals surface area contributed by atoms with Gasteiger partial charge in [0.2, 0.25) is 0 Å². The van der Waals surface area contributed by atoms with Crippen LogP contribution in [0.15, 0.2) is 58.2 Å². The summed E-state index contributed by atoms with van der Waals surface area (Å²) < 4.78 is 11.3. The minimum Gasteiger partial charge on any atom is -0.373 e. The molecule has 3 heterocycles. The smallest absolute Gasteiger partial charge is 0.256 e. The lowest BCUT2D eigenvalue weighted by atomic mass is 10.1. The summed E-state index contributed by atoms with van der Waals surface area (Å²) >= 11 is 1.55. The number of carbonyl (C=O) groups excluding carboxylic acids is 1. The molecular formula is C24H27N3O3S. The molecular weight excluding hydrogens is 410 g/mol. The van der Waals surface area contributed by atoms with E-state index >= 15 is 0 Å². The highest BCUT2D eigenvalue weighted by Crippen LogP contribution is 2.28. The van der Waals surface area contributed by atoms with Crippen molar-refractivity contribution in [1.82, 2.24) is 15.0 Å². The van der Waals surface area contributed by atoms with Gasteiger partial charge in [0, 0.05) is 30.6 Å². The van der Waals surface area contributed by atoms with Crippen molar-refractivity contribution in [1.29, 1.82) is 0 Å². The minimum atomic E-state index is 0.0378. The number of pyridine rings is 1. The topological polar surface area (TPSA) is 68.5 Å². The largest absolute Gasteiger partial charge is 0.373 e. The molecule has 0 unspecified atom stereocenters. The number of carbonyl (C=O) groups is 1. The monoisotopic (exact) mass is 437 g/mol. The Hall–Kier alpha value is -2.64. The Bertz CT molecular complexity index is 994. The van der Waals surface area contributed by atoms with Crippen molar-refractivity contribution in [3.63, 3.8) is 0 Å². The molecule has 0 N–H and O–H groups in total. The molecule has 4 rings (SSSR count). The average Bonchev–Trinajstić information content (AvgIpc) is 3.14. The lowest BCUT2D eigenvalue weighted by Crippen LogP contribution is -2.41. The number of thioether (sulfide) groups is 1. The maximum absolute atomic E-state index is 13.2. The Kier molecular flexibility index (Phi) is 7.04. The first-order chi connectivity index (χ1) is 15.1. The summed E-state index contributed by atoms with van der Waals surface area (Å²) in [5, 5.41) is 4.75. The molecule has 1 aromatic carbocycles. The zero-order valence-corrected chi connectivity index (χ0v) is 18.7. The van der Waals surface area contributed by atoms with E-state index in [0.29, 0.717) is 31.0 Å². The van der Waals surface area contributed by atoms with Gasteiger partial charge >= 0.3 is 0 Å². The van der Waals surface area contributed by atoms with E-state index in [-0.39, 0.29) is 12.0 Å². The summed E-state index contributed by atoms with van der Waals surface area (Å²) in [6.07, 6.45) is 3.61. The zero-order valence-electron chi connectivity index (χ0n) is 17.9. The summed E-state index contributed by atoms with van der Waals surface area (Å²) in [6.45, 7) is 5.85. The highest BCUT2D eigenvalue weighted by molar-refractivity contribution is 7.98. The second-order valence-corrected chi connectivity index (χ2v) is 8.70. The fraction of sp³-hybridized carbons (Fsp3) is 0.375. The third kappa shape index (κ3) is 5.35. The fourth-order valence-electron chi connectivity index (χ4n) is 3.70. The van der Waals surface area contributed by atoms with Crippen LogP contribution in [-0.2, 0) is 17.1 Å². The Morgan fingerprint density at radius 3 is 2.65 bits per heavy atom. The molecule has 0 aliphatic carbocycles. The maximum Gasteiger partial charge on any atom is 0.256 e. The van der Waals surface area contributed by atoms with Crippen LogP contribution in [0, 0.1) is 13.8 Å². The van der Waals surface area contributed by atoms with E-state index in [0.717, 1.165) is 34.9 Å². The molecule has 31 heavy (non-hydrogen) atoms. The quantitative estimate of drug-likeness (QED) is 0.495. The number of nitrogens with zero attached hydrogens (tertiary/aromatic N) is 3. The molecule has 6 nitrogen and oxygen atoms in total. The van der Waals surface area contributed by atoms with Gasteiger partial charge in [0.15, 0.2) is 0 Å². The van der Waals surface area contributed by atoms with Gasteiger partial charge in [0.05, 0.1) is 24.0 Å². The fourth-order valence-corrected chi connectivity index (χ4v) is 4.84. The van der Waals surface area contributed by atoms with Crippen LogP contribution >= 0.6 is 11.8 Å². The van der Waals surface area contributed by atoms with Gasteiger partial charge in [-0.25, -0.2) is 4.98 Å². The number of ether oxygens (including phenoxy) is 1. The molecule has 1 fully saturated rings. The van der Waals surface area contributed by atoms with Gasteiger partial charge < -0.3 is 14.2 Å². The van der Waals surface area contributed by atoms with Gasteiger partial charge in [-0.1, -0.05) is 35.5 Å². The third-order valence-electron chi connectivity index (χ3n) is 5.59. The van der Waals surface area contributed by atoms with Gasteiger partial charge in [0.1, 0.15) is 10.8 Å². The molecule has 1 saturated heterocycles. The first-order valence-corrected chi connectivity index (χ1v) is 11.5. The average molecular weight is 438 g/mol. The molecule has 0 bridgehead atoms. The van der Waals surface area contributed by atoms with Gasteiger partial charge in [-0.05, 0) is 44.4 Å². The lowest BCUT2D eigenvalue weighted by molar-refractivity contribution is -0.000472. The van der Waals surface area contributed by atoms with Crippen molar-refractivity contribution >= 4 is 17.7 Å². The van der Waals surface area contributed by atoms with Crippen LogP contribution in [0.1, 0.15) is 45.8 Å². The van der Waals surface area contributed by atoms with Crippen LogP contribution in [0.4, 0.5) is 0 Å². The van der Waals surface area contributed by atoms with Gasteiger partial charge in [-0.3, -0.25) is 4.79 Å². The van der Waals surface area contributed by atoms with Crippen molar-refractivity contribution < 1.29 is 14.1 Å². The number of benzene rings is 1. The first-order valence-electron chi connectivity index (χ1n) is 10.6. The van der Waals surface area contributed by atoms with Crippen molar-refractivity contribution in [3.05, 3.63) is 76.8 Å². The van der Waals surface area contributed by atoms with E-state index in [1.165, 1.54) is 5.56 Å². The predicted molar refractivity (Wildman–Crippen MR) is 120 cm³/mol. The Morgan fingerprint density at radius 2 is 1.94 bits per heavy atom. The molecule has 7 heteroatoms. The number of hydrogen-bond acceptors (Lipinski definition) is 6. The molecule has 1 amide bonds. The minimum absolute atomic E-state index is 0.0378. The second-order valence-electron chi connectivity index (χ2n) is 7.74. The van der Waals surface area contributed by atoms with Crippen LogP contribution in [-0.4, -0.2) is 40.1 Å². The highest BCUT2D eigenvalue weighted by Gasteiger charge is 2.26. The second kappa shape index (κ2) is 10.1. The number of piperidine rings is 1. The van der Waals surface area contributed by atoms with Crippen molar-refractivity contribution in [2.45, 2.75) is 50.2 Å². The molecule has 162 valence electrons. The van der Waals surface area contributed by atoms with E-state index in [4.69, 9.17) is 9.26 Å². The van der Waals surface area contributed by atoms with E-state index in [1.54, 1.807) is 18.0 Å². The molecule has 0 spiro atoms. The predicted octanol–water partition coefficient (Wildman–Crippen LogP) is 4.80. The molecule has 0 saturated carbocycles. The standard InChI is InChI=1S/C24H27N3O3S/c1-17-22(18(2)30-26-17)16-31-23-21(9-6-12-25-23)24(28)27-13-10-20(11-14-27)29-15-19-7-4-3-5-8-19/h3-9,12,20H,10-11,13-16H2,1-2H3. The van der Waals surface area contributed by atoms with Crippen molar-refractivity contribution in [3.8, 4) is 0 Å². The highest BCUT2D eigenvalue weighted by atomic mass is 32.2. The van der Waals surface area contributed by atoms with Crippen molar-refractivity contribution in [2.24, 2.45) is 0 Å². The van der Waals surface area contributed by atoms with Crippen LogP contribution in [0.2, 0.25) is 0 Å². The lowest BCUT2D eigenvalue weighted by Gasteiger charge is -2.32. The number of hydrogen-bond donors (Lipinski definition) is 0.